The molecule has 0 unspecified atom stereocenters. The Balaban J connectivity index is 1.88. The van der Waals surface area contributed by atoms with E-state index < -0.39 is 10.8 Å². The molecule has 0 fully saturated rings. The Bertz CT molecular complexity index is 1400. The number of ether oxygens (including phenoxy) is 3. The Morgan fingerprint density at radius 1 is 1.19 bits per heavy atom. The van der Waals surface area contributed by atoms with Gasteiger partial charge in [-0.3, -0.25) is 14.9 Å². The average Bonchev–Trinajstić information content (AvgIpc) is 2.87. The summed E-state index contributed by atoms with van der Waals surface area (Å²) in [7, 11) is 1.38. The Morgan fingerprint density at radius 3 is 2.62 bits per heavy atom. The number of methoxy groups -OCH3 is 1. The molecule has 0 bridgehead atoms. The molecule has 3 aromatic carbocycles. The molecule has 1 N–H and O–H groups in total. The molecule has 0 aliphatic heterocycles. The second-order valence-corrected chi connectivity index (χ2v) is 8.66. The molecule has 0 saturated heterocycles. The summed E-state index contributed by atoms with van der Waals surface area (Å²) in [5.41, 5.74) is 1.93. The predicted molar refractivity (Wildman–Crippen MR) is 143 cm³/mol. The van der Waals surface area contributed by atoms with Gasteiger partial charge in [-0.1, -0.05) is 29.8 Å². The minimum Gasteiger partial charge on any atom is -0.496 e. The molecule has 0 atom stereocenters. The van der Waals surface area contributed by atoms with Crippen LogP contribution in [0.1, 0.15) is 23.6 Å². The minimum atomic E-state index is -0.801. The zero-order valence-corrected chi connectivity index (χ0v) is 22.0. The van der Waals surface area contributed by atoms with Gasteiger partial charge < -0.3 is 19.5 Å². The van der Waals surface area contributed by atoms with Crippen molar-refractivity contribution >= 4 is 39.3 Å². The molecule has 0 spiro atoms. The van der Waals surface area contributed by atoms with E-state index in [1.54, 1.807) is 12.1 Å². The third kappa shape index (κ3) is 7.08. The van der Waals surface area contributed by atoms with Crippen LogP contribution < -0.4 is 19.5 Å². The summed E-state index contributed by atoms with van der Waals surface area (Å²) in [4.78, 5) is 23.6. The molecule has 3 aromatic rings. The molecular formula is C27H24BrN3O6. The summed E-state index contributed by atoms with van der Waals surface area (Å²) < 4.78 is 17.3. The second kappa shape index (κ2) is 12.6. The molecule has 10 heteroatoms. The fourth-order valence-corrected chi connectivity index (χ4v) is 4.01. The van der Waals surface area contributed by atoms with E-state index in [1.807, 2.05) is 44.2 Å². The lowest BCUT2D eigenvalue weighted by Gasteiger charge is -2.15. The lowest BCUT2D eigenvalue weighted by Crippen LogP contribution is -2.14. The van der Waals surface area contributed by atoms with Crippen LogP contribution in [0.25, 0.3) is 6.08 Å². The van der Waals surface area contributed by atoms with Gasteiger partial charge in [-0.2, -0.15) is 5.26 Å². The van der Waals surface area contributed by atoms with Gasteiger partial charge in [-0.05, 0) is 71.2 Å². The highest BCUT2D eigenvalue weighted by Crippen LogP contribution is 2.38. The molecule has 0 saturated carbocycles. The highest BCUT2D eigenvalue weighted by molar-refractivity contribution is 9.10. The monoisotopic (exact) mass is 565 g/mol. The van der Waals surface area contributed by atoms with Crippen LogP contribution in [0.5, 0.6) is 17.2 Å². The van der Waals surface area contributed by atoms with Crippen LogP contribution in [0.15, 0.2) is 64.6 Å². The van der Waals surface area contributed by atoms with Gasteiger partial charge in [0.15, 0.2) is 11.5 Å². The van der Waals surface area contributed by atoms with Gasteiger partial charge in [0.1, 0.15) is 29.7 Å². The molecule has 3 rings (SSSR count). The number of hydrogen-bond donors (Lipinski definition) is 1. The van der Waals surface area contributed by atoms with E-state index in [1.165, 1.54) is 31.4 Å². The zero-order chi connectivity index (χ0) is 26.9. The molecule has 0 aliphatic carbocycles. The first-order chi connectivity index (χ1) is 17.7. The summed E-state index contributed by atoms with van der Waals surface area (Å²) in [6, 6.07) is 17.1. The highest BCUT2D eigenvalue weighted by atomic mass is 79.9. The van der Waals surface area contributed by atoms with E-state index in [-0.39, 0.29) is 22.7 Å². The Morgan fingerprint density at radius 2 is 1.97 bits per heavy atom. The normalized spacial score (nSPS) is 10.8. The Kier molecular flexibility index (Phi) is 9.24. The van der Waals surface area contributed by atoms with Gasteiger partial charge in [0.2, 0.25) is 0 Å². The van der Waals surface area contributed by atoms with Gasteiger partial charge in [-0.15, -0.1) is 0 Å². The van der Waals surface area contributed by atoms with Crippen LogP contribution in [0.4, 0.5) is 11.4 Å². The van der Waals surface area contributed by atoms with E-state index in [4.69, 9.17) is 14.2 Å². The van der Waals surface area contributed by atoms with Crippen molar-refractivity contribution in [2.45, 2.75) is 20.5 Å². The van der Waals surface area contributed by atoms with Crippen molar-refractivity contribution in [3.8, 4) is 23.3 Å². The van der Waals surface area contributed by atoms with Crippen LogP contribution in [0.3, 0.4) is 0 Å². The number of carbonyl (C=O) groups excluding carboxylic acids is 1. The number of aryl methyl sites for hydroxylation is 1. The van der Waals surface area contributed by atoms with Crippen LogP contribution in [0, 0.1) is 28.4 Å². The van der Waals surface area contributed by atoms with E-state index in [0.29, 0.717) is 34.7 Å². The fraction of sp³-hybridized carbons (Fsp3) is 0.185. The van der Waals surface area contributed by atoms with Crippen LogP contribution in [-0.4, -0.2) is 24.5 Å². The zero-order valence-electron chi connectivity index (χ0n) is 20.4. The minimum absolute atomic E-state index is 0.0620. The van der Waals surface area contributed by atoms with Crippen molar-refractivity contribution in [2.24, 2.45) is 0 Å². The third-order valence-corrected chi connectivity index (χ3v) is 5.71. The maximum Gasteiger partial charge on any atom is 0.296 e. The summed E-state index contributed by atoms with van der Waals surface area (Å²) in [5.74, 6) is 0.375. The molecule has 0 heterocycles. The molecular weight excluding hydrogens is 542 g/mol. The van der Waals surface area contributed by atoms with Gasteiger partial charge in [-0.25, -0.2) is 0 Å². The SMILES string of the molecule is CCOc1cc(/C=C(\C#N)C(=O)Nc2ccc(OC)cc2[N+](=O)[O-])cc(Br)c1OCc1cccc(C)c1. The molecule has 1 amide bonds. The lowest BCUT2D eigenvalue weighted by atomic mass is 10.1. The Hall–Kier alpha value is -4.36. The molecule has 0 aromatic heterocycles. The van der Waals surface area contributed by atoms with E-state index in [2.05, 4.69) is 21.2 Å². The van der Waals surface area contributed by atoms with Gasteiger partial charge in [0.05, 0.1) is 29.2 Å². The van der Waals surface area contributed by atoms with E-state index in [0.717, 1.165) is 11.1 Å². The first kappa shape index (κ1) is 27.2. The maximum atomic E-state index is 12.8. The summed E-state index contributed by atoms with van der Waals surface area (Å²) >= 11 is 3.49. The number of anilines is 1. The number of nitrogens with one attached hydrogen (secondary N) is 1. The van der Waals surface area contributed by atoms with Crippen molar-refractivity contribution in [2.75, 3.05) is 19.0 Å². The standard InChI is InChI=1S/C27H24BrN3O6/c1-4-36-25-13-19(12-22(28)26(25)37-16-18-7-5-6-17(2)10-18)11-20(15-29)27(32)30-23-9-8-21(35-3)14-24(23)31(33)34/h5-14H,4,16H2,1-3H3,(H,30,32)/b20-11+. The number of rotatable bonds is 10. The average molecular weight is 566 g/mol. The number of nitrogens with zero attached hydrogens (tertiary/aromatic N) is 2. The second-order valence-electron chi connectivity index (χ2n) is 7.80. The summed E-state index contributed by atoms with van der Waals surface area (Å²) in [6.45, 7) is 4.52. The van der Waals surface area contributed by atoms with Crippen molar-refractivity contribution in [3.05, 3.63) is 91.4 Å². The summed E-state index contributed by atoms with van der Waals surface area (Å²) in [5, 5.41) is 23.5. The van der Waals surface area contributed by atoms with E-state index in [9.17, 15) is 20.2 Å². The molecule has 37 heavy (non-hydrogen) atoms. The largest absolute Gasteiger partial charge is 0.496 e. The van der Waals surface area contributed by atoms with E-state index >= 15 is 0 Å². The number of benzene rings is 3. The first-order valence-corrected chi connectivity index (χ1v) is 11.9. The van der Waals surface area contributed by atoms with Gasteiger partial charge >= 0.3 is 0 Å². The molecule has 190 valence electrons. The molecule has 0 aliphatic rings. The number of hydrogen-bond acceptors (Lipinski definition) is 7. The van der Waals surface area contributed by atoms with Crippen LogP contribution in [0.2, 0.25) is 0 Å². The quantitative estimate of drug-likeness (QED) is 0.134. The predicted octanol–water partition coefficient (Wildman–Crippen LogP) is 6.20. The maximum absolute atomic E-state index is 12.8. The van der Waals surface area contributed by atoms with Crippen molar-refractivity contribution in [1.29, 1.82) is 5.26 Å². The first-order valence-electron chi connectivity index (χ1n) is 11.2. The number of halogens is 1. The number of nitro benzene ring substituents is 1. The van der Waals surface area contributed by atoms with Crippen LogP contribution in [-0.2, 0) is 11.4 Å². The number of nitro groups is 1. The number of carbonyl (C=O) groups is 1. The van der Waals surface area contributed by atoms with Crippen molar-refractivity contribution in [3.63, 3.8) is 0 Å². The van der Waals surface area contributed by atoms with Crippen molar-refractivity contribution in [1.82, 2.24) is 0 Å². The Labute approximate surface area is 222 Å². The fourth-order valence-electron chi connectivity index (χ4n) is 3.43. The smallest absolute Gasteiger partial charge is 0.296 e. The van der Waals surface area contributed by atoms with Gasteiger partial charge in [0.25, 0.3) is 11.6 Å². The van der Waals surface area contributed by atoms with Crippen LogP contribution >= 0.6 is 15.9 Å². The lowest BCUT2D eigenvalue weighted by molar-refractivity contribution is -0.384. The van der Waals surface area contributed by atoms with Gasteiger partial charge in [0, 0.05) is 0 Å². The topological polar surface area (TPSA) is 124 Å². The molecule has 0 radical (unpaired) electrons. The number of nitriles is 1. The molecule has 9 nitrogen and oxygen atoms in total. The summed E-state index contributed by atoms with van der Waals surface area (Å²) in [6.07, 6.45) is 1.36. The van der Waals surface area contributed by atoms with Crippen molar-refractivity contribution < 1.29 is 23.9 Å². The highest BCUT2D eigenvalue weighted by Gasteiger charge is 2.20. The number of amides is 1. The third-order valence-electron chi connectivity index (χ3n) is 5.12.